The number of carbonyl (C=O) groups is 2. The highest BCUT2D eigenvalue weighted by Crippen LogP contribution is 2.15. The van der Waals surface area contributed by atoms with Crippen molar-refractivity contribution in [3.05, 3.63) is 97.2 Å². The molecule has 64 heavy (non-hydrogen) atoms. The predicted molar refractivity (Wildman–Crippen MR) is 279 cm³/mol. The van der Waals surface area contributed by atoms with Crippen LogP contribution in [0.5, 0.6) is 0 Å². The molecule has 0 rings (SSSR count). The number of esters is 2. The molecule has 1 atom stereocenters. The number of ether oxygens (including phenoxy) is 3. The number of allylic oxidation sites excluding steroid dienone is 16. The van der Waals surface area contributed by atoms with Gasteiger partial charge in [-0.1, -0.05) is 234 Å². The van der Waals surface area contributed by atoms with Crippen LogP contribution < -0.4 is 0 Å². The van der Waals surface area contributed by atoms with Crippen LogP contribution in [0.3, 0.4) is 0 Å². The summed E-state index contributed by atoms with van der Waals surface area (Å²) in [5.74, 6) is -0.482. The molecular formula is C59H100O5. The molecule has 0 bridgehead atoms. The molecule has 0 aromatic carbocycles. The standard InChI is InChI=1S/C59H100O5/c1-4-7-10-13-16-19-22-25-28-30-32-35-38-41-44-47-50-53-59(61)64-57(55-62-54-51-48-45-42-39-36-33-29-26-23-20-17-14-11-8-5-2)56-63-58(60)52-49-46-43-40-37-34-31-27-24-21-18-15-12-9-6-3/h7,9-10,12,16,18-19,21,25,27-28,31-32,35,41,44,57H,4-6,8,11,13-15,17,20,22-24,26,29-30,33-34,36-40,42-43,45-56H2,1-3H3/b10-7-,12-9-,19-16-,21-18-,28-25-,31-27-,35-32-,44-41-/t57-/m1/s1. The zero-order valence-electron chi connectivity index (χ0n) is 42.0. The SMILES string of the molecule is CC/C=C\C/C=C\C/C=C\C/C=C\C/C=C\CCCC(=O)O[C@H](COCCCCCCCCCCCCCCCCCC)COC(=O)CCCCCCC/C=C\C/C=C\C/C=C\CC. The van der Waals surface area contributed by atoms with Crippen LogP contribution in [0.2, 0.25) is 0 Å². The lowest BCUT2D eigenvalue weighted by atomic mass is 10.0. The molecule has 0 saturated heterocycles. The normalized spacial score (nSPS) is 13.0. The van der Waals surface area contributed by atoms with Gasteiger partial charge in [0.2, 0.25) is 0 Å². The summed E-state index contributed by atoms with van der Waals surface area (Å²) in [6, 6.07) is 0. The van der Waals surface area contributed by atoms with Crippen LogP contribution in [0.4, 0.5) is 0 Å². The molecule has 0 spiro atoms. The third kappa shape index (κ3) is 51.5. The molecule has 0 saturated carbocycles. The molecule has 0 fully saturated rings. The summed E-state index contributed by atoms with van der Waals surface area (Å²) in [7, 11) is 0. The Morgan fingerprint density at radius 2 is 0.719 bits per heavy atom. The first kappa shape index (κ1) is 60.8. The predicted octanol–water partition coefficient (Wildman–Crippen LogP) is 18.2. The monoisotopic (exact) mass is 889 g/mol. The lowest BCUT2D eigenvalue weighted by molar-refractivity contribution is -0.162. The van der Waals surface area contributed by atoms with Crippen molar-refractivity contribution < 1.29 is 23.8 Å². The maximum atomic E-state index is 12.8. The Hall–Kier alpha value is -3.18. The Morgan fingerprint density at radius 3 is 1.17 bits per heavy atom. The molecule has 0 amide bonds. The van der Waals surface area contributed by atoms with E-state index in [1.54, 1.807) is 0 Å². The molecule has 0 N–H and O–H groups in total. The van der Waals surface area contributed by atoms with Crippen molar-refractivity contribution in [2.75, 3.05) is 19.8 Å². The first-order valence-electron chi connectivity index (χ1n) is 26.8. The van der Waals surface area contributed by atoms with Gasteiger partial charge >= 0.3 is 11.9 Å². The molecule has 5 heteroatoms. The fourth-order valence-corrected chi connectivity index (χ4v) is 7.21. The highest BCUT2D eigenvalue weighted by Gasteiger charge is 2.17. The van der Waals surface area contributed by atoms with E-state index in [4.69, 9.17) is 14.2 Å². The largest absolute Gasteiger partial charge is 0.462 e. The van der Waals surface area contributed by atoms with E-state index in [2.05, 4.69) is 118 Å². The van der Waals surface area contributed by atoms with Gasteiger partial charge in [-0.2, -0.15) is 0 Å². The van der Waals surface area contributed by atoms with Gasteiger partial charge in [0.25, 0.3) is 0 Å². The third-order valence-corrected chi connectivity index (χ3v) is 11.1. The molecule has 0 unspecified atom stereocenters. The smallest absolute Gasteiger partial charge is 0.306 e. The summed E-state index contributed by atoms with van der Waals surface area (Å²) in [5.41, 5.74) is 0. The zero-order chi connectivity index (χ0) is 46.3. The average molecular weight is 889 g/mol. The molecule has 0 heterocycles. The molecule has 0 radical (unpaired) electrons. The molecule has 0 aliphatic heterocycles. The molecular weight excluding hydrogens is 789 g/mol. The number of unbranched alkanes of at least 4 members (excludes halogenated alkanes) is 21. The van der Waals surface area contributed by atoms with E-state index in [-0.39, 0.29) is 25.2 Å². The van der Waals surface area contributed by atoms with Crippen LogP contribution in [-0.4, -0.2) is 37.9 Å². The molecule has 0 aliphatic carbocycles. The average Bonchev–Trinajstić information content (AvgIpc) is 3.30. The van der Waals surface area contributed by atoms with Crippen molar-refractivity contribution in [3.8, 4) is 0 Å². The van der Waals surface area contributed by atoms with Gasteiger partial charge in [0.1, 0.15) is 6.61 Å². The van der Waals surface area contributed by atoms with E-state index < -0.39 is 6.10 Å². The summed E-state index contributed by atoms with van der Waals surface area (Å²) in [6.45, 7) is 7.54. The van der Waals surface area contributed by atoms with Gasteiger partial charge in [-0.15, -0.1) is 0 Å². The van der Waals surface area contributed by atoms with Crippen LogP contribution in [0.25, 0.3) is 0 Å². The van der Waals surface area contributed by atoms with E-state index in [1.807, 2.05) is 0 Å². The minimum absolute atomic E-state index is 0.0509. The van der Waals surface area contributed by atoms with Gasteiger partial charge in [0.15, 0.2) is 6.10 Å². The van der Waals surface area contributed by atoms with Crippen LogP contribution >= 0.6 is 0 Å². The molecule has 0 aromatic rings. The quantitative estimate of drug-likeness (QED) is 0.0346. The second-order valence-electron chi connectivity index (χ2n) is 17.4. The Balaban J connectivity index is 4.39. The van der Waals surface area contributed by atoms with Crippen molar-refractivity contribution in [3.63, 3.8) is 0 Å². The summed E-state index contributed by atoms with van der Waals surface area (Å²) in [4.78, 5) is 25.4. The summed E-state index contributed by atoms with van der Waals surface area (Å²) in [5, 5.41) is 0. The maximum absolute atomic E-state index is 12.8. The Morgan fingerprint density at radius 1 is 0.359 bits per heavy atom. The van der Waals surface area contributed by atoms with Crippen molar-refractivity contribution >= 4 is 11.9 Å². The van der Waals surface area contributed by atoms with Gasteiger partial charge in [0, 0.05) is 19.4 Å². The summed E-state index contributed by atoms with van der Waals surface area (Å²) < 4.78 is 17.4. The molecule has 5 nitrogen and oxygen atoms in total. The highest BCUT2D eigenvalue weighted by molar-refractivity contribution is 5.70. The zero-order valence-corrected chi connectivity index (χ0v) is 42.0. The van der Waals surface area contributed by atoms with E-state index in [1.165, 1.54) is 103 Å². The molecule has 366 valence electrons. The van der Waals surface area contributed by atoms with Crippen molar-refractivity contribution in [1.29, 1.82) is 0 Å². The van der Waals surface area contributed by atoms with Crippen LogP contribution in [0.15, 0.2) is 97.2 Å². The van der Waals surface area contributed by atoms with Crippen molar-refractivity contribution in [1.82, 2.24) is 0 Å². The second kappa shape index (κ2) is 54.2. The second-order valence-corrected chi connectivity index (χ2v) is 17.4. The van der Waals surface area contributed by atoms with Crippen molar-refractivity contribution in [2.24, 2.45) is 0 Å². The van der Waals surface area contributed by atoms with Gasteiger partial charge in [0.05, 0.1) is 6.61 Å². The minimum Gasteiger partial charge on any atom is -0.462 e. The third-order valence-electron chi connectivity index (χ3n) is 11.1. The lowest BCUT2D eigenvalue weighted by Gasteiger charge is -2.18. The topological polar surface area (TPSA) is 61.8 Å². The van der Waals surface area contributed by atoms with Gasteiger partial charge in [-0.05, 0) is 89.9 Å². The number of carbonyl (C=O) groups excluding carboxylic acids is 2. The van der Waals surface area contributed by atoms with Crippen LogP contribution in [0, 0.1) is 0 Å². The number of hydrogen-bond donors (Lipinski definition) is 0. The van der Waals surface area contributed by atoms with Gasteiger partial charge in [-0.3, -0.25) is 9.59 Å². The fraction of sp³-hybridized carbons (Fsp3) is 0.695. The van der Waals surface area contributed by atoms with Gasteiger partial charge < -0.3 is 14.2 Å². The highest BCUT2D eigenvalue weighted by atomic mass is 16.6. The Kier molecular flexibility index (Phi) is 51.5. The van der Waals surface area contributed by atoms with E-state index in [0.717, 1.165) is 103 Å². The first-order valence-corrected chi connectivity index (χ1v) is 26.8. The maximum Gasteiger partial charge on any atom is 0.306 e. The van der Waals surface area contributed by atoms with Crippen molar-refractivity contribution in [2.45, 2.75) is 245 Å². The van der Waals surface area contributed by atoms with E-state index in [0.29, 0.717) is 19.4 Å². The summed E-state index contributed by atoms with van der Waals surface area (Å²) >= 11 is 0. The Labute approximate surface area is 396 Å². The minimum atomic E-state index is -0.576. The van der Waals surface area contributed by atoms with Crippen LogP contribution in [-0.2, 0) is 23.8 Å². The number of rotatable bonds is 48. The lowest BCUT2D eigenvalue weighted by Crippen LogP contribution is -2.30. The van der Waals surface area contributed by atoms with Gasteiger partial charge in [-0.25, -0.2) is 0 Å². The first-order chi connectivity index (χ1) is 31.6. The Bertz CT molecular complexity index is 1230. The fourth-order valence-electron chi connectivity index (χ4n) is 7.21. The molecule has 0 aromatic heterocycles. The van der Waals surface area contributed by atoms with E-state index in [9.17, 15) is 9.59 Å². The van der Waals surface area contributed by atoms with Crippen LogP contribution in [0.1, 0.15) is 239 Å². The molecule has 0 aliphatic rings. The summed E-state index contributed by atoms with van der Waals surface area (Å²) in [6.07, 6.45) is 72.8. The number of hydrogen-bond acceptors (Lipinski definition) is 5. The van der Waals surface area contributed by atoms with E-state index >= 15 is 0 Å².